The van der Waals surface area contributed by atoms with Crippen LogP contribution < -0.4 is 0 Å². The predicted octanol–water partition coefficient (Wildman–Crippen LogP) is 14.4. The molecule has 2 aromatic carbocycles. The van der Waals surface area contributed by atoms with E-state index in [2.05, 4.69) is 13.8 Å². The maximum Gasteiger partial charge on any atom is 0.167 e. The summed E-state index contributed by atoms with van der Waals surface area (Å²) in [5.74, 6) is 1.67. The lowest BCUT2D eigenvalue weighted by Gasteiger charge is -2.38. The standard InChI is InChI=1S/C43H61F3/c1-3-5-7-8-9-11-13-30-14-18-31(19-15-30)32-22-24-34(25-23-32)37-28-38-36-27-26-35(41(44)39(36)40(38)43(46)42(37)45)33-20-16-29(17-21-33)12-10-6-4-2/h26-34H,3-25H2,1-2H3. The summed E-state index contributed by atoms with van der Waals surface area (Å²) in [5, 5.41) is 0. The van der Waals surface area contributed by atoms with Gasteiger partial charge in [0.2, 0.25) is 0 Å². The first-order chi connectivity index (χ1) is 22.5. The van der Waals surface area contributed by atoms with Gasteiger partial charge in [-0.05, 0) is 128 Å². The van der Waals surface area contributed by atoms with E-state index in [0.29, 0.717) is 11.1 Å². The number of fused-ring (bicyclic) bond motifs is 4. The Labute approximate surface area is 278 Å². The lowest BCUT2D eigenvalue weighted by Crippen LogP contribution is -2.26. The summed E-state index contributed by atoms with van der Waals surface area (Å²) < 4.78 is 47.4. The second-order valence-electron chi connectivity index (χ2n) is 16.1. The van der Waals surface area contributed by atoms with E-state index in [1.807, 2.05) is 18.2 Å². The topological polar surface area (TPSA) is 0 Å². The van der Waals surface area contributed by atoms with Gasteiger partial charge in [0.1, 0.15) is 5.82 Å². The van der Waals surface area contributed by atoms with Crippen molar-refractivity contribution < 1.29 is 13.2 Å². The molecule has 0 radical (unpaired) electrons. The normalized spacial score (nSPS) is 27.6. The summed E-state index contributed by atoms with van der Waals surface area (Å²) >= 11 is 0. The van der Waals surface area contributed by atoms with E-state index < -0.39 is 11.6 Å². The first kappa shape index (κ1) is 34.1. The maximum absolute atomic E-state index is 16.0. The van der Waals surface area contributed by atoms with Crippen LogP contribution in [0.1, 0.15) is 184 Å². The van der Waals surface area contributed by atoms with E-state index in [1.54, 1.807) is 0 Å². The van der Waals surface area contributed by atoms with E-state index in [0.717, 1.165) is 91.7 Å². The molecular weight excluding hydrogens is 573 g/mol. The lowest BCUT2D eigenvalue weighted by atomic mass is 9.67. The number of rotatable bonds is 14. The zero-order chi connectivity index (χ0) is 32.0. The van der Waals surface area contributed by atoms with Crippen molar-refractivity contribution in [2.24, 2.45) is 23.7 Å². The van der Waals surface area contributed by atoms with Gasteiger partial charge in [-0.25, -0.2) is 13.2 Å². The van der Waals surface area contributed by atoms with Crippen molar-refractivity contribution in [2.45, 2.75) is 173 Å². The van der Waals surface area contributed by atoms with Crippen LogP contribution in [0, 0.1) is 41.1 Å². The van der Waals surface area contributed by atoms with Gasteiger partial charge in [-0.2, -0.15) is 0 Å². The van der Waals surface area contributed by atoms with Gasteiger partial charge in [0.05, 0.1) is 0 Å². The molecule has 0 N–H and O–H groups in total. The fraction of sp³-hybridized carbons (Fsp3) is 0.721. The Morgan fingerprint density at radius 1 is 0.478 bits per heavy atom. The Kier molecular flexibility index (Phi) is 11.9. The Balaban J connectivity index is 1.02. The van der Waals surface area contributed by atoms with Crippen LogP contribution >= 0.6 is 0 Å². The van der Waals surface area contributed by atoms with Gasteiger partial charge in [0.15, 0.2) is 11.6 Å². The highest BCUT2D eigenvalue weighted by atomic mass is 19.2. The van der Waals surface area contributed by atoms with E-state index >= 15 is 13.2 Å². The molecule has 2 aromatic rings. The van der Waals surface area contributed by atoms with Crippen LogP contribution in [0.2, 0.25) is 0 Å². The summed E-state index contributed by atoms with van der Waals surface area (Å²) in [7, 11) is 0. The van der Waals surface area contributed by atoms with E-state index in [-0.39, 0.29) is 23.2 Å². The van der Waals surface area contributed by atoms with Gasteiger partial charge in [0.25, 0.3) is 0 Å². The van der Waals surface area contributed by atoms with Crippen LogP contribution in [0.3, 0.4) is 0 Å². The van der Waals surface area contributed by atoms with Gasteiger partial charge in [0, 0.05) is 11.1 Å². The number of hydrogen-bond donors (Lipinski definition) is 0. The molecule has 3 saturated carbocycles. The molecule has 6 rings (SSSR count). The third-order valence-electron chi connectivity index (χ3n) is 13.2. The Hall–Kier alpha value is -1.77. The third-order valence-corrected chi connectivity index (χ3v) is 13.2. The smallest absolute Gasteiger partial charge is 0.167 e. The number of benzene rings is 2. The van der Waals surface area contributed by atoms with Gasteiger partial charge in [-0.3, -0.25) is 0 Å². The fourth-order valence-electron chi connectivity index (χ4n) is 10.2. The summed E-state index contributed by atoms with van der Waals surface area (Å²) in [6, 6.07) is 5.83. The first-order valence-corrected chi connectivity index (χ1v) is 19.8. The molecule has 0 bridgehead atoms. The summed E-state index contributed by atoms with van der Waals surface area (Å²) in [5.41, 5.74) is 3.27. The average molecular weight is 635 g/mol. The van der Waals surface area contributed by atoms with Crippen molar-refractivity contribution in [2.75, 3.05) is 0 Å². The average Bonchev–Trinajstić information content (AvgIpc) is 3.07. The minimum absolute atomic E-state index is 0.0702. The molecule has 0 atom stereocenters. The Bertz CT molecular complexity index is 1270. The quantitative estimate of drug-likeness (QED) is 0.155. The molecule has 0 nitrogen and oxygen atoms in total. The zero-order valence-corrected chi connectivity index (χ0v) is 29.1. The minimum Gasteiger partial charge on any atom is -0.206 e. The maximum atomic E-state index is 16.0. The molecule has 0 aliphatic heterocycles. The largest absolute Gasteiger partial charge is 0.206 e. The van der Waals surface area contributed by atoms with Crippen molar-refractivity contribution in [3.05, 3.63) is 46.8 Å². The summed E-state index contributed by atoms with van der Waals surface area (Å²) in [4.78, 5) is 0. The van der Waals surface area contributed by atoms with Gasteiger partial charge in [-0.1, -0.05) is 109 Å². The second-order valence-corrected chi connectivity index (χ2v) is 16.1. The van der Waals surface area contributed by atoms with Crippen molar-refractivity contribution in [3.8, 4) is 22.3 Å². The minimum atomic E-state index is -0.818. The van der Waals surface area contributed by atoms with Crippen LogP contribution in [-0.4, -0.2) is 0 Å². The molecule has 0 saturated heterocycles. The summed E-state index contributed by atoms with van der Waals surface area (Å²) in [6.07, 6.45) is 28.8. The van der Waals surface area contributed by atoms with Gasteiger partial charge < -0.3 is 0 Å². The molecule has 0 amide bonds. The Morgan fingerprint density at radius 3 is 1.61 bits per heavy atom. The molecule has 0 heterocycles. The van der Waals surface area contributed by atoms with Crippen molar-refractivity contribution in [3.63, 3.8) is 0 Å². The highest BCUT2D eigenvalue weighted by Gasteiger charge is 2.38. The molecule has 0 aromatic heterocycles. The molecule has 0 unspecified atom stereocenters. The van der Waals surface area contributed by atoms with E-state index in [9.17, 15) is 0 Å². The number of hydrogen-bond acceptors (Lipinski definition) is 0. The Morgan fingerprint density at radius 2 is 0.957 bits per heavy atom. The first-order valence-electron chi connectivity index (χ1n) is 19.8. The van der Waals surface area contributed by atoms with Crippen LogP contribution in [0.15, 0.2) is 18.2 Å². The number of unbranched alkanes of at least 4 members (excludes halogenated alkanes) is 7. The lowest BCUT2D eigenvalue weighted by molar-refractivity contribution is 0.155. The fourth-order valence-corrected chi connectivity index (χ4v) is 10.2. The predicted molar refractivity (Wildman–Crippen MR) is 188 cm³/mol. The zero-order valence-electron chi connectivity index (χ0n) is 29.1. The van der Waals surface area contributed by atoms with Gasteiger partial charge >= 0.3 is 0 Å². The van der Waals surface area contributed by atoms with Crippen molar-refractivity contribution in [1.29, 1.82) is 0 Å². The van der Waals surface area contributed by atoms with Crippen LogP contribution in [-0.2, 0) is 0 Å². The molecule has 4 aliphatic rings. The molecule has 3 heteroatoms. The monoisotopic (exact) mass is 634 g/mol. The molecule has 0 spiro atoms. The molecule has 254 valence electrons. The van der Waals surface area contributed by atoms with Gasteiger partial charge in [-0.15, -0.1) is 0 Å². The number of halogens is 3. The highest BCUT2D eigenvalue weighted by Crippen LogP contribution is 2.55. The van der Waals surface area contributed by atoms with Crippen molar-refractivity contribution >= 4 is 0 Å². The third kappa shape index (κ3) is 7.44. The second kappa shape index (κ2) is 16.1. The van der Waals surface area contributed by atoms with Crippen LogP contribution in [0.5, 0.6) is 0 Å². The van der Waals surface area contributed by atoms with E-state index in [4.69, 9.17) is 0 Å². The highest BCUT2D eigenvalue weighted by molar-refractivity contribution is 6.03. The molecule has 4 aliphatic carbocycles. The summed E-state index contributed by atoms with van der Waals surface area (Å²) in [6.45, 7) is 4.53. The van der Waals surface area contributed by atoms with Crippen LogP contribution in [0.25, 0.3) is 22.3 Å². The SMILES string of the molecule is CCCCCCCCC1CCC(C2CCC(c3cc4c(c(F)c3F)-c3c-4ccc(C4CCC(CCCCC)CC4)c3F)CC2)CC1. The molecule has 3 fully saturated rings. The molecule has 46 heavy (non-hydrogen) atoms. The van der Waals surface area contributed by atoms with Crippen LogP contribution in [0.4, 0.5) is 13.2 Å². The van der Waals surface area contributed by atoms with Crippen molar-refractivity contribution in [1.82, 2.24) is 0 Å². The molecular formula is C43H61F3. The van der Waals surface area contributed by atoms with E-state index in [1.165, 1.54) is 96.3 Å².